The van der Waals surface area contributed by atoms with Crippen molar-refractivity contribution in [1.82, 2.24) is 10.2 Å². The molecule has 0 heterocycles. The molecule has 2 atom stereocenters. The Labute approximate surface area is 97.8 Å². The van der Waals surface area contributed by atoms with Gasteiger partial charge in [-0.15, -0.1) is 0 Å². The zero-order chi connectivity index (χ0) is 12.8. The van der Waals surface area contributed by atoms with Crippen LogP contribution in [0.2, 0.25) is 0 Å². The third-order valence-corrected chi connectivity index (χ3v) is 2.98. The molecule has 2 N–H and O–H groups in total. The first-order valence-corrected chi connectivity index (χ1v) is 5.56. The predicted octanol–water partition coefficient (Wildman–Crippen LogP) is 0.406. The molecule has 0 amide bonds. The second-order valence-corrected chi connectivity index (χ2v) is 4.25. The molecule has 2 unspecified atom stereocenters. The van der Waals surface area contributed by atoms with Crippen LogP contribution in [-0.2, 0) is 9.53 Å². The average molecular weight is 232 g/mol. The third kappa shape index (κ3) is 4.08. The summed E-state index contributed by atoms with van der Waals surface area (Å²) in [6.45, 7) is 7.61. The lowest BCUT2D eigenvalue weighted by Gasteiger charge is -2.35. The van der Waals surface area contributed by atoms with Crippen LogP contribution in [0.1, 0.15) is 20.8 Å². The molecule has 0 aliphatic carbocycles. The summed E-state index contributed by atoms with van der Waals surface area (Å²) in [6, 6.07) is 0.210. The summed E-state index contributed by atoms with van der Waals surface area (Å²) < 4.78 is 5.09. The fourth-order valence-electron chi connectivity index (χ4n) is 1.59. The van der Waals surface area contributed by atoms with Gasteiger partial charge in [-0.3, -0.25) is 9.69 Å². The van der Waals surface area contributed by atoms with Crippen LogP contribution in [0.5, 0.6) is 0 Å². The number of aliphatic carboxylic acids is 1. The molecule has 0 saturated heterocycles. The molecule has 0 aliphatic rings. The Bertz CT molecular complexity index is 223. The van der Waals surface area contributed by atoms with E-state index in [4.69, 9.17) is 9.84 Å². The van der Waals surface area contributed by atoms with Gasteiger partial charge in [0.25, 0.3) is 0 Å². The first kappa shape index (κ1) is 15.3. The maximum Gasteiger partial charge on any atom is 0.324 e. The zero-order valence-corrected chi connectivity index (χ0v) is 10.9. The van der Waals surface area contributed by atoms with Crippen LogP contribution in [0, 0.1) is 0 Å². The fraction of sp³-hybridized carbons (Fsp3) is 0.909. The molecule has 0 aromatic carbocycles. The highest BCUT2D eigenvalue weighted by Crippen LogP contribution is 2.10. The Morgan fingerprint density at radius 1 is 1.62 bits per heavy atom. The Balaban J connectivity index is 4.56. The van der Waals surface area contributed by atoms with Crippen LogP contribution < -0.4 is 5.32 Å². The second kappa shape index (κ2) is 6.83. The number of hydrogen-bond donors (Lipinski definition) is 2. The lowest BCUT2D eigenvalue weighted by atomic mass is 10.0. The first-order valence-electron chi connectivity index (χ1n) is 5.56. The number of hydrogen-bond acceptors (Lipinski definition) is 4. The van der Waals surface area contributed by atoms with Gasteiger partial charge in [0.2, 0.25) is 0 Å². The maximum atomic E-state index is 11.2. The Morgan fingerprint density at radius 3 is 2.50 bits per heavy atom. The van der Waals surface area contributed by atoms with Crippen LogP contribution in [-0.4, -0.2) is 61.4 Å². The van der Waals surface area contributed by atoms with Crippen molar-refractivity contribution in [2.45, 2.75) is 32.4 Å². The second-order valence-electron chi connectivity index (χ2n) is 4.25. The molecule has 0 fully saturated rings. The summed E-state index contributed by atoms with van der Waals surface area (Å²) in [7, 11) is 3.32. The number of methoxy groups -OCH3 is 1. The molecule has 96 valence electrons. The van der Waals surface area contributed by atoms with Crippen molar-refractivity contribution in [2.75, 3.05) is 33.9 Å². The molecule has 0 bridgehead atoms. The van der Waals surface area contributed by atoms with E-state index in [0.717, 1.165) is 6.54 Å². The molecule has 0 radical (unpaired) electrons. The largest absolute Gasteiger partial charge is 0.480 e. The lowest BCUT2D eigenvalue weighted by Crippen LogP contribution is -2.57. The van der Waals surface area contributed by atoms with E-state index in [9.17, 15) is 4.79 Å². The average Bonchev–Trinajstić information content (AvgIpc) is 2.25. The molecule has 16 heavy (non-hydrogen) atoms. The summed E-state index contributed by atoms with van der Waals surface area (Å²) in [5.74, 6) is -0.835. The van der Waals surface area contributed by atoms with E-state index < -0.39 is 11.5 Å². The van der Waals surface area contributed by atoms with E-state index in [0.29, 0.717) is 13.2 Å². The Kier molecular flexibility index (Phi) is 6.55. The number of rotatable bonds is 8. The number of nitrogens with zero attached hydrogens (tertiary/aromatic N) is 1. The zero-order valence-electron chi connectivity index (χ0n) is 10.9. The Morgan fingerprint density at radius 2 is 2.19 bits per heavy atom. The van der Waals surface area contributed by atoms with Gasteiger partial charge >= 0.3 is 5.97 Å². The molecule has 0 spiro atoms. The van der Waals surface area contributed by atoms with Crippen molar-refractivity contribution in [3.8, 4) is 0 Å². The highest BCUT2D eigenvalue weighted by atomic mass is 16.5. The molecule has 0 rings (SSSR count). The van der Waals surface area contributed by atoms with Gasteiger partial charge in [0.1, 0.15) is 5.54 Å². The van der Waals surface area contributed by atoms with Gasteiger partial charge in [0, 0.05) is 19.7 Å². The summed E-state index contributed by atoms with van der Waals surface area (Å²) >= 11 is 0. The normalized spacial score (nSPS) is 17.1. The standard InChI is InChI=1S/C11H24N2O3/c1-6-13(9(2)7-16-5)8-11(3,12-4)10(14)15/h9,12H,6-8H2,1-5H3,(H,14,15). The van der Waals surface area contributed by atoms with Crippen LogP contribution in [0.3, 0.4) is 0 Å². The van der Waals surface area contributed by atoms with Crippen LogP contribution >= 0.6 is 0 Å². The van der Waals surface area contributed by atoms with E-state index in [1.165, 1.54) is 0 Å². The molecule has 0 aliphatic heterocycles. The minimum atomic E-state index is -0.919. The highest BCUT2D eigenvalue weighted by Gasteiger charge is 2.34. The van der Waals surface area contributed by atoms with Gasteiger partial charge in [0.05, 0.1) is 6.61 Å². The molecule has 5 nitrogen and oxygen atoms in total. The molecule has 0 aromatic rings. The van der Waals surface area contributed by atoms with E-state index in [1.807, 2.05) is 13.8 Å². The van der Waals surface area contributed by atoms with Crippen LogP contribution in [0.25, 0.3) is 0 Å². The SMILES string of the molecule is CCN(CC(C)(NC)C(=O)O)C(C)COC. The van der Waals surface area contributed by atoms with Crippen molar-refractivity contribution in [3.63, 3.8) is 0 Å². The molecule has 0 saturated carbocycles. The van der Waals surface area contributed by atoms with E-state index in [-0.39, 0.29) is 6.04 Å². The van der Waals surface area contributed by atoms with Gasteiger partial charge in [0.15, 0.2) is 0 Å². The number of carboxylic acid groups (broad SMARTS) is 1. The Hall–Kier alpha value is -0.650. The number of carbonyl (C=O) groups is 1. The quantitative estimate of drug-likeness (QED) is 0.634. The van der Waals surface area contributed by atoms with Crippen molar-refractivity contribution >= 4 is 5.97 Å². The summed E-state index contributed by atoms with van der Waals surface area (Å²) in [4.78, 5) is 13.3. The molecule has 5 heteroatoms. The smallest absolute Gasteiger partial charge is 0.324 e. The van der Waals surface area contributed by atoms with E-state index in [2.05, 4.69) is 10.2 Å². The predicted molar refractivity (Wildman–Crippen MR) is 63.7 cm³/mol. The number of likely N-dealkylation sites (N-methyl/N-ethyl adjacent to an activating group) is 2. The first-order chi connectivity index (χ1) is 7.41. The van der Waals surface area contributed by atoms with E-state index >= 15 is 0 Å². The third-order valence-electron chi connectivity index (χ3n) is 2.98. The summed E-state index contributed by atoms with van der Waals surface area (Å²) in [6.07, 6.45) is 0. The maximum absolute atomic E-state index is 11.2. The van der Waals surface area contributed by atoms with E-state index in [1.54, 1.807) is 21.1 Å². The van der Waals surface area contributed by atoms with Crippen molar-refractivity contribution in [2.24, 2.45) is 0 Å². The topological polar surface area (TPSA) is 61.8 Å². The van der Waals surface area contributed by atoms with Gasteiger partial charge in [-0.2, -0.15) is 0 Å². The number of carboxylic acids is 1. The van der Waals surface area contributed by atoms with Gasteiger partial charge in [-0.25, -0.2) is 0 Å². The van der Waals surface area contributed by atoms with Crippen molar-refractivity contribution in [3.05, 3.63) is 0 Å². The van der Waals surface area contributed by atoms with Crippen LogP contribution in [0.4, 0.5) is 0 Å². The van der Waals surface area contributed by atoms with Gasteiger partial charge in [-0.05, 0) is 27.4 Å². The lowest BCUT2D eigenvalue weighted by molar-refractivity contribution is -0.145. The minimum absolute atomic E-state index is 0.210. The molecular formula is C11H24N2O3. The van der Waals surface area contributed by atoms with Crippen molar-refractivity contribution < 1.29 is 14.6 Å². The highest BCUT2D eigenvalue weighted by molar-refractivity contribution is 5.78. The molecule has 0 aromatic heterocycles. The summed E-state index contributed by atoms with van der Waals surface area (Å²) in [5, 5.41) is 12.0. The summed E-state index contributed by atoms with van der Waals surface area (Å²) in [5.41, 5.74) is -0.919. The van der Waals surface area contributed by atoms with Gasteiger partial charge in [-0.1, -0.05) is 6.92 Å². The minimum Gasteiger partial charge on any atom is -0.480 e. The molecular weight excluding hydrogens is 208 g/mol. The number of nitrogens with one attached hydrogen (secondary N) is 1. The fourth-order valence-corrected chi connectivity index (χ4v) is 1.59. The van der Waals surface area contributed by atoms with Crippen molar-refractivity contribution in [1.29, 1.82) is 0 Å². The van der Waals surface area contributed by atoms with Gasteiger partial charge < -0.3 is 15.2 Å². The van der Waals surface area contributed by atoms with Crippen LogP contribution in [0.15, 0.2) is 0 Å². The number of ether oxygens (including phenoxy) is 1. The monoisotopic (exact) mass is 232 g/mol.